The van der Waals surface area contributed by atoms with Crippen LogP contribution in [0, 0.1) is 11.3 Å². The molecular weight excluding hydrogens is 312 g/mol. The predicted molar refractivity (Wildman–Crippen MR) is 113 cm³/mol. The molecule has 0 bridgehead atoms. The van der Waals surface area contributed by atoms with Gasteiger partial charge < -0.3 is 0 Å². The van der Waals surface area contributed by atoms with Gasteiger partial charge in [-0.25, -0.2) is 0 Å². The molecule has 1 aliphatic carbocycles. The van der Waals surface area contributed by atoms with E-state index in [9.17, 15) is 0 Å². The zero-order valence-electron chi connectivity index (χ0n) is 16.7. The Kier molecular flexibility index (Phi) is 5.51. The third kappa shape index (κ3) is 3.43. The lowest BCUT2D eigenvalue weighted by Gasteiger charge is -2.44. The minimum Gasteiger partial charge on any atom is -0.0761 e. The molecule has 0 spiro atoms. The van der Waals surface area contributed by atoms with Crippen molar-refractivity contribution in [2.75, 3.05) is 0 Å². The van der Waals surface area contributed by atoms with Crippen LogP contribution >= 0.6 is 0 Å². The van der Waals surface area contributed by atoms with Gasteiger partial charge in [0.2, 0.25) is 0 Å². The third-order valence-electron chi connectivity index (χ3n) is 5.81. The molecule has 0 saturated carbocycles. The zero-order valence-corrected chi connectivity index (χ0v) is 16.7. The monoisotopic (exact) mass is 344 g/mol. The van der Waals surface area contributed by atoms with Crippen molar-refractivity contribution in [3.63, 3.8) is 0 Å². The maximum Gasteiger partial charge on any atom is 0.0303 e. The first-order chi connectivity index (χ1) is 12.5. The first-order valence-corrected chi connectivity index (χ1v) is 10.00. The van der Waals surface area contributed by atoms with Crippen molar-refractivity contribution in [3.8, 4) is 0 Å². The van der Waals surface area contributed by atoms with Crippen LogP contribution < -0.4 is 0 Å². The number of hydrogen-bond acceptors (Lipinski definition) is 0. The van der Waals surface area contributed by atoms with Gasteiger partial charge in [0, 0.05) is 11.3 Å². The van der Waals surface area contributed by atoms with Crippen molar-refractivity contribution in [2.45, 2.75) is 52.4 Å². The van der Waals surface area contributed by atoms with Crippen LogP contribution in [0.15, 0.2) is 84.5 Å². The predicted octanol–water partition coefficient (Wildman–Crippen LogP) is 7.32. The van der Waals surface area contributed by atoms with E-state index in [1.54, 1.807) is 5.57 Å². The highest BCUT2D eigenvalue weighted by atomic mass is 14.5. The highest BCUT2D eigenvalue weighted by Gasteiger charge is 2.44. The van der Waals surface area contributed by atoms with E-state index < -0.39 is 0 Å². The summed E-state index contributed by atoms with van der Waals surface area (Å²) in [6.07, 6.45) is 10.7. The maximum absolute atomic E-state index is 2.44. The van der Waals surface area contributed by atoms with Gasteiger partial charge in [-0.3, -0.25) is 0 Å². The van der Waals surface area contributed by atoms with Crippen LogP contribution in [0.3, 0.4) is 0 Å². The Hall–Kier alpha value is -2.08. The quantitative estimate of drug-likeness (QED) is 0.515. The topological polar surface area (TPSA) is 0 Å². The molecule has 2 aromatic rings. The van der Waals surface area contributed by atoms with Crippen molar-refractivity contribution in [2.24, 2.45) is 11.3 Å². The Morgan fingerprint density at radius 2 is 1.35 bits per heavy atom. The van der Waals surface area contributed by atoms with Gasteiger partial charge in [0.1, 0.15) is 0 Å². The molecule has 0 aromatic heterocycles. The number of unbranched alkanes of at least 4 members (excludes halogenated alkanes) is 1. The molecule has 1 aliphatic rings. The molecule has 1 unspecified atom stereocenters. The van der Waals surface area contributed by atoms with Gasteiger partial charge >= 0.3 is 0 Å². The first-order valence-electron chi connectivity index (χ1n) is 10.00. The van der Waals surface area contributed by atoms with E-state index in [-0.39, 0.29) is 10.8 Å². The van der Waals surface area contributed by atoms with Crippen molar-refractivity contribution in [3.05, 3.63) is 95.6 Å². The molecule has 0 amide bonds. The Bertz CT molecular complexity index is 717. The zero-order chi connectivity index (χ0) is 18.6. The van der Waals surface area contributed by atoms with Gasteiger partial charge in [0.05, 0.1) is 0 Å². The molecular formula is C26H32. The molecule has 26 heavy (non-hydrogen) atoms. The van der Waals surface area contributed by atoms with E-state index >= 15 is 0 Å². The Morgan fingerprint density at radius 3 is 1.81 bits per heavy atom. The fraction of sp³-hybridized carbons (Fsp3) is 0.385. The van der Waals surface area contributed by atoms with Crippen LogP contribution in [0.4, 0.5) is 0 Å². The van der Waals surface area contributed by atoms with Gasteiger partial charge in [-0.15, -0.1) is 0 Å². The van der Waals surface area contributed by atoms with Gasteiger partial charge in [-0.1, -0.05) is 125 Å². The lowest BCUT2D eigenvalue weighted by Crippen LogP contribution is -2.38. The van der Waals surface area contributed by atoms with Crippen molar-refractivity contribution < 1.29 is 0 Å². The van der Waals surface area contributed by atoms with E-state index in [0.29, 0.717) is 5.92 Å². The summed E-state index contributed by atoms with van der Waals surface area (Å²) in [5.74, 6) is 0.402. The van der Waals surface area contributed by atoms with E-state index in [2.05, 4.69) is 107 Å². The molecule has 3 rings (SSSR count). The minimum absolute atomic E-state index is 0.00928. The summed E-state index contributed by atoms with van der Waals surface area (Å²) in [6, 6.07) is 22.3. The molecule has 0 heterocycles. The van der Waals surface area contributed by atoms with Crippen LogP contribution in [0.2, 0.25) is 0 Å². The first kappa shape index (κ1) is 18.7. The SMILES string of the molecule is CCCCC(c1ccccc1)(c1ccccc1)C1C=CC=C1C(C)(C)C. The van der Waals surface area contributed by atoms with Crippen LogP contribution in [0.25, 0.3) is 0 Å². The van der Waals surface area contributed by atoms with E-state index in [1.807, 2.05) is 0 Å². The van der Waals surface area contributed by atoms with Crippen molar-refractivity contribution in [1.82, 2.24) is 0 Å². The molecule has 0 nitrogen and oxygen atoms in total. The normalized spacial score (nSPS) is 17.4. The van der Waals surface area contributed by atoms with E-state index in [1.165, 1.54) is 30.4 Å². The molecule has 136 valence electrons. The lowest BCUT2D eigenvalue weighted by atomic mass is 9.59. The smallest absolute Gasteiger partial charge is 0.0303 e. The summed E-state index contributed by atoms with van der Waals surface area (Å²) >= 11 is 0. The number of rotatable bonds is 6. The molecule has 0 N–H and O–H groups in total. The van der Waals surface area contributed by atoms with Crippen LogP contribution in [0.5, 0.6) is 0 Å². The fourth-order valence-corrected chi connectivity index (χ4v) is 4.52. The molecule has 1 atom stereocenters. The van der Waals surface area contributed by atoms with E-state index in [4.69, 9.17) is 0 Å². The lowest BCUT2D eigenvalue weighted by molar-refractivity contribution is 0.333. The van der Waals surface area contributed by atoms with Crippen LogP contribution in [-0.4, -0.2) is 0 Å². The number of benzene rings is 2. The fourth-order valence-electron chi connectivity index (χ4n) is 4.52. The molecule has 0 saturated heterocycles. The minimum atomic E-state index is -0.00928. The average molecular weight is 345 g/mol. The molecule has 0 fully saturated rings. The van der Waals surface area contributed by atoms with E-state index in [0.717, 1.165) is 0 Å². The van der Waals surface area contributed by atoms with Gasteiger partial charge in [0.15, 0.2) is 0 Å². The second-order valence-electron chi connectivity index (χ2n) is 8.54. The molecule has 2 aromatic carbocycles. The van der Waals surface area contributed by atoms with Crippen LogP contribution in [0.1, 0.15) is 58.1 Å². The highest BCUT2D eigenvalue weighted by Crippen LogP contribution is 2.52. The largest absolute Gasteiger partial charge is 0.0761 e. The molecule has 0 heteroatoms. The Morgan fingerprint density at radius 1 is 0.808 bits per heavy atom. The summed E-state index contributed by atoms with van der Waals surface area (Å²) in [5, 5.41) is 0. The summed E-state index contributed by atoms with van der Waals surface area (Å²) in [4.78, 5) is 0. The highest BCUT2D eigenvalue weighted by molar-refractivity contribution is 5.48. The van der Waals surface area contributed by atoms with Crippen molar-refractivity contribution in [1.29, 1.82) is 0 Å². The number of allylic oxidation sites excluding steroid dienone is 4. The second kappa shape index (κ2) is 7.66. The summed E-state index contributed by atoms with van der Waals surface area (Å²) < 4.78 is 0. The second-order valence-corrected chi connectivity index (χ2v) is 8.54. The molecule has 0 aliphatic heterocycles. The average Bonchev–Trinajstić information content (AvgIpc) is 3.15. The van der Waals surface area contributed by atoms with Crippen LogP contribution in [-0.2, 0) is 5.41 Å². The maximum atomic E-state index is 2.44. The Balaban J connectivity index is 2.24. The van der Waals surface area contributed by atoms with Gasteiger partial charge in [0.25, 0.3) is 0 Å². The third-order valence-corrected chi connectivity index (χ3v) is 5.81. The Labute approximate surface area is 159 Å². The summed E-state index contributed by atoms with van der Waals surface area (Å²) in [7, 11) is 0. The summed E-state index contributed by atoms with van der Waals surface area (Å²) in [5.41, 5.74) is 4.57. The molecule has 0 radical (unpaired) electrons. The standard InChI is InChI=1S/C26H32/c1-5-6-20-26(21-14-9-7-10-15-21,22-16-11-8-12-17-22)24-19-13-18-23(24)25(2,3)4/h7-19,24H,5-6,20H2,1-4H3. The van der Waals surface area contributed by atoms with Gasteiger partial charge in [-0.05, 0) is 23.0 Å². The van der Waals surface area contributed by atoms with Gasteiger partial charge in [-0.2, -0.15) is 0 Å². The number of hydrogen-bond donors (Lipinski definition) is 0. The van der Waals surface area contributed by atoms with Crippen molar-refractivity contribution >= 4 is 0 Å². The summed E-state index contributed by atoms with van der Waals surface area (Å²) in [6.45, 7) is 9.34.